The molecule has 1 fully saturated rings. The third kappa shape index (κ3) is 4.28. The van der Waals surface area contributed by atoms with Crippen molar-refractivity contribution in [1.29, 1.82) is 0 Å². The van der Waals surface area contributed by atoms with Gasteiger partial charge in [-0.2, -0.15) is 0 Å². The molecule has 0 radical (unpaired) electrons. The minimum Gasteiger partial charge on any atom is -0.368 e. The average molecular weight is 357 g/mol. The van der Waals surface area contributed by atoms with Crippen molar-refractivity contribution >= 4 is 17.4 Å². The highest BCUT2D eigenvalue weighted by Gasteiger charge is 2.24. The van der Waals surface area contributed by atoms with Crippen LogP contribution in [0.5, 0.6) is 0 Å². The number of rotatable bonds is 4. The van der Waals surface area contributed by atoms with Gasteiger partial charge >= 0.3 is 0 Å². The highest BCUT2D eigenvalue weighted by Crippen LogP contribution is 2.18. The van der Waals surface area contributed by atoms with Crippen LogP contribution in [0.4, 0.5) is 15.9 Å². The van der Waals surface area contributed by atoms with Crippen LogP contribution in [0.2, 0.25) is 0 Å². The van der Waals surface area contributed by atoms with Crippen molar-refractivity contribution in [3.05, 3.63) is 47.7 Å². The maximum absolute atomic E-state index is 13.1. The minimum atomic E-state index is -0.243. The lowest BCUT2D eigenvalue weighted by Crippen LogP contribution is -2.49. The Labute approximate surface area is 153 Å². The quantitative estimate of drug-likeness (QED) is 0.912. The number of hydrogen-bond acceptors (Lipinski definition) is 5. The van der Waals surface area contributed by atoms with Gasteiger partial charge in [-0.15, -0.1) is 0 Å². The summed E-state index contributed by atoms with van der Waals surface area (Å²) < 4.78 is 13.1. The molecular formula is C19H24FN5O. The number of amides is 1. The van der Waals surface area contributed by atoms with Gasteiger partial charge in [-0.05, 0) is 45.0 Å². The number of piperazine rings is 1. The molecule has 1 saturated heterocycles. The van der Waals surface area contributed by atoms with E-state index < -0.39 is 0 Å². The second-order valence-corrected chi connectivity index (χ2v) is 6.74. The maximum Gasteiger partial charge on any atom is 0.272 e. The van der Waals surface area contributed by atoms with Gasteiger partial charge < -0.3 is 15.1 Å². The monoisotopic (exact) mass is 357 g/mol. The molecule has 2 aromatic rings. The zero-order valence-electron chi connectivity index (χ0n) is 15.4. The number of carbonyl (C=O) groups excluding carboxylic acids is 1. The Hall–Kier alpha value is -2.70. The third-order valence-electron chi connectivity index (χ3n) is 4.25. The van der Waals surface area contributed by atoms with E-state index in [0.29, 0.717) is 43.5 Å². The number of carbonyl (C=O) groups is 1. The van der Waals surface area contributed by atoms with Crippen LogP contribution in [0.15, 0.2) is 30.3 Å². The number of benzene rings is 1. The number of aromatic nitrogens is 2. The SMILES string of the molecule is Cc1nc(NC(C)C)cc(C(=O)N2CCN(c3ccc(F)cc3)CC2)n1. The fourth-order valence-corrected chi connectivity index (χ4v) is 3.03. The summed E-state index contributed by atoms with van der Waals surface area (Å²) in [6, 6.07) is 8.39. The van der Waals surface area contributed by atoms with Gasteiger partial charge in [0.15, 0.2) is 0 Å². The molecule has 3 rings (SSSR count). The Balaban J connectivity index is 1.66. The van der Waals surface area contributed by atoms with Crippen LogP contribution in [-0.2, 0) is 0 Å². The van der Waals surface area contributed by atoms with Crippen molar-refractivity contribution in [2.45, 2.75) is 26.8 Å². The Bertz CT molecular complexity index is 770. The van der Waals surface area contributed by atoms with Crippen LogP contribution in [0, 0.1) is 12.7 Å². The van der Waals surface area contributed by atoms with Gasteiger partial charge in [0, 0.05) is 44.0 Å². The standard InChI is InChI=1S/C19H24FN5O/c1-13(2)21-18-12-17(22-14(3)23-18)19(26)25-10-8-24(9-11-25)16-6-4-15(20)5-7-16/h4-7,12-13H,8-11H2,1-3H3,(H,21,22,23). The lowest BCUT2D eigenvalue weighted by Gasteiger charge is -2.36. The lowest BCUT2D eigenvalue weighted by molar-refractivity contribution is 0.0740. The van der Waals surface area contributed by atoms with E-state index in [4.69, 9.17) is 0 Å². The van der Waals surface area contributed by atoms with Crippen molar-refractivity contribution < 1.29 is 9.18 Å². The largest absolute Gasteiger partial charge is 0.368 e. The molecule has 6 nitrogen and oxygen atoms in total. The summed E-state index contributed by atoms with van der Waals surface area (Å²) in [5, 5.41) is 3.22. The molecule has 0 atom stereocenters. The first-order valence-electron chi connectivity index (χ1n) is 8.84. The fraction of sp³-hybridized carbons (Fsp3) is 0.421. The van der Waals surface area contributed by atoms with Crippen LogP contribution >= 0.6 is 0 Å². The molecule has 2 heterocycles. The van der Waals surface area contributed by atoms with E-state index in [2.05, 4.69) is 20.2 Å². The molecule has 0 saturated carbocycles. The number of nitrogens with zero attached hydrogens (tertiary/aromatic N) is 4. The molecule has 1 aliphatic rings. The predicted octanol–water partition coefficient (Wildman–Crippen LogP) is 2.71. The molecule has 0 spiro atoms. The number of anilines is 2. The summed E-state index contributed by atoms with van der Waals surface area (Å²) in [5.41, 5.74) is 1.38. The molecule has 0 unspecified atom stereocenters. The van der Waals surface area contributed by atoms with Crippen molar-refractivity contribution in [3.8, 4) is 0 Å². The molecule has 1 amide bonds. The van der Waals surface area contributed by atoms with Gasteiger partial charge in [-0.25, -0.2) is 14.4 Å². The number of nitrogens with one attached hydrogen (secondary N) is 1. The van der Waals surface area contributed by atoms with Crippen molar-refractivity contribution in [3.63, 3.8) is 0 Å². The summed E-state index contributed by atoms with van der Waals surface area (Å²) >= 11 is 0. The fourth-order valence-electron chi connectivity index (χ4n) is 3.03. The Kier molecular flexibility index (Phi) is 5.35. The van der Waals surface area contributed by atoms with Crippen molar-refractivity contribution in [2.24, 2.45) is 0 Å². The van der Waals surface area contributed by atoms with Crippen LogP contribution < -0.4 is 10.2 Å². The zero-order chi connectivity index (χ0) is 18.7. The first-order chi connectivity index (χ1) is 12.4. The highest BCUT2D eigenvalue weighted by atomic mass is 19.1. The predicted molar refractivity (Wildman–Crippen MR) is 100 cm³/mol. The van der Waals surface area contributed by atoms with E-state index >= 15 is 0 Å². The molecule has 7 heteroatoms. The maximum atomic E-state index is 13.1. The second kappa shape index (κ2) is 7.68. The smallest absolute Gasteiger partial charge is 0.272 e. The van der Waals surface area contributed by atoms with E-state index in [1.54, 1.807) is 30.0 Å². The molecular weight excluding hydrogens is 333 g/mol. The number of aryl methyl sites for hydroxylation is 1. The lowest BCUT2D eigenvalue weighted by atomic mass is 10.2. The van der Waals surface area contributed by atoms with Gasteiger partial charge in [0.2, 0.25) is 0 Å². The summed E-state index contributed by atoms with van der Waals surface area (Å²) in [6.07, 6.45) is 0. The topological polar surface area (TPSA) is 61.4 Å². The van der Waals surface area contributed by atoms with Crippen molar-refractivity contribution in [2.75, 3.05) is 36.4 Å². The molecule has 1 aromatic carbocycles. The van der Waals surface area contributed by atoms with E-state index in [9.17, 15) is 9.18 Å². The minimum absolute atomic E-state index is 0.0823. The number of hydrogen-bond donors (Lipinski definition) is 1. The summed E-state index contributed by atoms with van der Waals surface area (Å²) in [6.45, 7) is 8.45. The normalized spacial score (nSPS) is 14.7. The number of halogens is 1. The summed E-state index contributed by atoms with van der Waals surface area (Å²) in [5.74, 6) is 0.915. The van der Waals surface area contributed by atoms with E-state index in [1.165, 1.54) is 12.1 Å². The van der Waals surface area contributed by atoms with Gasteiger partial charge in [-0.1, -0.05) is 0 Å². The highest BCUT2D eigenvalue weighted by molar-refractivity contribution is 5.93. The molecule has 138 valence electrons. The Morgan fingerprint density at radius 1 is 1.12 bits per heavy atom. The first-order valence-corrected chi connectivity index (χ1v) is 8.84. The van der Waals surface area contributed by atoms with Crippen molar-refractivity contribution in [1.82, 2.24) is 14.9 Å². The average Bonchev–Trinajstić information content (AvgIpc) is 2.61. The molecule has 1 aromatic heterocycles. The van der Waals surface area contributed by atoms with Crippen LogP contribution in [0.25, 0.3) is 0 Å². The van der Waals surface area contributed by atoms with Gasteiger partial charge in [0.1, 0.15) is 23.2 Å². The third-order valence-corrected chi connectivity index (χ3v) is 4.25. The summed E-state index contributed by atoms with van der Waals surface area (Å²) in [7, 11) is 0. The van der Waals surface area contributed by atoms with Gasteiger partial charge in [-0.3, -0.25) is 4.79 Å². The van der Waals surface area contributed by atoms with E-state index in [1.807, 2.05) is 13.8 Å². The van der Waals surface area contributed by atoms with Gasteiger partial charge in [0.05, 0.1) is 0 Å². The van der Waals surface area contributed by atoms with E-state index in [0.717, 1.165) is 5.69 Å². The molecule has 1 aliphatic heterocycles. The Morgan fingerprint density at radius 3 is 2.38 bits per heavy atom. The van der Waals surface area contributed by atoms with Crippen LogP contribution in [0.1, 0.15) is 30.2 Å². The molecule has 0 aliphatic carbocycles. The van der Waals surface area contributed by atoms with Crippen LogP contribution in [-0.4, -0.2) is 53.0 Å². The van der Waals surface area contributed by atoms with Crippen LogP contribution in [0.3, 0.4) is 0 Å². The molecule has 26 heavy (non-hydrogen) atoms. The zero-order valence-corrected chi connectivity index (χ0v) is 15.4. The molecule has 0 bridgehead atoms. The summed E-state index contributed by atoms with van der Waals surface area (Å²) in [4.78, 5) is 25.4. The van der Waals surface area contributed by atoms with Gasteiger partial charge in [0.25, 0.3) is 5.91 Å². The Morgan fingerprint density at radius 2 is 1.77 bits per heavy atom. The first kappa shape index (κ1) is 18.1. The molecule has 1 N–H and O–H groups in total. The van der Waals surface area contributed by atoms with E-state index in [-0.39, 0.29) is 17.8 Å². The second-order valence-electron chi connectivity index (χ2n) is 6.74.